The third-order valence-corrected chi connectivity index (χ3v) is 4.52. The Labute approximate surface area is 145 Å². The second kappa shape index (κ2) is 7.64. The van der Waals surface area contributed by atoms with Gasteiger partial charge in [0.05, 0.1) is 17.3 Å². The van der Waals surface area contributed by atoms with Crippen LogP contribution in [0.15, 0.2) is 28.7 Å². The van der Waals surface area contributed by atoms with Gasteiger partial charge in [0.15, 0.2) is 5.69 Å². The Morgan fingerprint density at radius 1 is 1.35 bits per heavy atom. The van der Waals surface area contributed by atoms with Gasteiger partial charge in [0, 0.05) is 13.1 Å². The maximum Gasteiger partial charge on any atom is 0.275 e. The molecular formula is C17H22BrN3O2. The Kier molecular flexibility index (Phi) is 5.82. The van der Waals surface area contributed by atoms with Crippen molar-refractivity contribution in [2.24, 2.45) is 0 Å². The molecule has 1 N–H and O–H groups in total. The van der Waals surface area contributed by atoms with Gasteiger partial charge in [0.2, 0.25) is 0 Å². The zero-order chi connectivity index (χ0) is 17.0. The van der Waals surface area contributed by atoms with Gasteiger partial charge >= 0.3 is 0 Å². The SMILES string of the molecule is CCN(Cc1ccc(OC)cc1)C(=O)c1n[nH]c(C(C)C)c1Br. The number of halogens is 1. The van der Waals surface area contributed by atoms with Crippen molar-refractivity contribution in [2.45, 2.75) is 33.2 Å². The van der Waals surface area contributed by atoms with Gasteiger partial charge in [-0.1, -0.05) is 26.0 Å². The van der Waals surface area contributed by atoms with Gasteiger partial charge in [-0.3, -0.25) is 9.89 Å². The molecule has 2 aromatic rings. The minimum Gasteiger partial charge on any atom is -0.497 e. The van der Waals surface area contributed by atoms with E-state index in [4.69, 9.17) is 4.74 Å². The fourth-order valence-corrected chi connectivity index (χ4v) is 3.10. The summed E-state index contributed by atoms with van der Waals surface area (Å²) < 4.78 is 5.91. The summed E-state index contributed by atoms with van der Waals surface area (Å²) in [5, 5.41) is 7.14. The number of nitrogens with one attached hydrogen (secondary N) is 1. The fourth-order valence-electron chi connectivity index (χ4n) is 2.29. The maximum atomic E-state index is 12.7. The van der Waals surface area contributed by atoms with Crippen molar-refractivity contribution in [2.75, 3.05) is 13.7 Å². The Hall–Kier alpha value is -1.82. The number of aromatic amines is 1. The molecule has 0 aliphatic rings. The summed E-state index contributed by atoms with van der Waals surface area (Å²) in [4.78, 5) is 14.5. The number of hydrogen-bond acceptors (Lipinski definition) is 3. The highest BCUT2D eigenvalue weighted by molar-refractivity contribution is 9.10. The fraction of sp³-hybridized carbons (Fsp3) is 0.412. The Morgan fingerprint density at radius 2 is 2.00 bits per heavy atom. The van der Waals surface area contributed by atoms with Crippen molar-refractivity contribution < 1.29 is 9.53 Å². The van der Waals surface area contributed by atoms with Crippen molar-refractivity contribution >= 4 is 21.8 Å². The number of hydrogen-bond donors (Lipinski definition) is 1. The van der Waals surface area contributed by atoms with Crippen LogP contribution in [-0.2, 0) is 6.54 Å². The second-order valence-electron chi connectivity index (χ2n) is 5.62. The van der Waals surface area contributed by atoms with E-state index in [0.29, 0.717) is 18.8 Å². The number of H-pyrrole nitrogens is 1. The van der Waals surface area contributed by atoms with Gasteiger partial charge in [0.25, 0.3) is 5.91 Å². The molecule has 0 fully saturated rings. The lowest BCUT2D eigenvalue weighted by atomic mass is 10.1. The highest BCUT2D eigenvalue weighted by atomic mass is 79.9. The lowest BCUT2D eigenvalue weighted by Gasteiger charge is -2.20. The summed E-state index contributed by atoms with van der Waals surface area (Å²) in [5.41, 5.74) is 2.43. The molecule has 0 atom stereocenters. The number of amides is 1. The third-order valence-electron chi connectivity index (χ3n) is 3.71. The van der Waals surface area contributed by atoms with Crippen molar-refractivity contribution in [3.63, 3.8) is 0 Å². The number of methoxy groups -OCH3 is 1. The van der Waals surface area contributed by atoms with Crippen LogP contribution < -0.4 is 4.74 Å². The average Bonchev–Trinajstić information content (AvgIpc) is 2.94. The van der Waals surface area contributed by atoms with Crippen LogP contribution in [-0.4, -0.2) is 34.7 Å². The topological polar surface area (TPSA) is 58.2 Å². The summed E-state index contributed by atoms with van der Waals surface area (Å²) in [5.74, 6) is 0.994. The van der Waals surface area contributed by atoms with Crippen LogP contribution in [0.4, 0.5) is 0 Å². The number of carbonyl (C=O) groups is 1. The molecule has 124 valence electrons. The molecule has 0 aliphatic carbocycles. The molecule has 2 rings (SSSR count). The molecule has 1 heterocycles. The quantitative estimate of drug-likeness (QED) is 0.825. The van der Waals surface area contributed by atoms with Crippen LogP contribution >= 0.6 is 15.9 Å². The highest BCUT2D eigenvalue weighted by Crippen LogP contribution is 2.26. The summed E-state index contributed by atoms with van der Waals surface area (Å²) in [6, 6.07) is 7.73. The molecular weight excluding hydrogens is 358 g/mol. The number of ether oxygens (including phenoxy) is 1. The smallest absolute Gasteiger partial charge is 0.275 e. The number of rotatable bonds is 6. The molecule has 0 saturated carbocycles. The normalized spacial score (nSPS) is 10.9. The third kappa shape index (κ3) is 3.93. The Morgan fingerprint density at radius 3 is 2.48 bits per heavy atom. The number of aromatic nitrogens is 2. The molecule has 1 aromatic heterocycles. The molecule has 0 spiro atoms. The zero-order valence-electron chi connectivity index (χ0n) is 13.9. The van der Waals surface area contributed by atoms with Crippen LogP contribution in [0.25, 0.3) is 0 Å². The lowest BCUT2D eigenvalue weighted by molar-refractivity contribution is 0.0745. The first-order chi connectivity index (χ1) is 11.0. The largest absolute Gasteiger partial charge is 0.497 e. The van der Waals surface area contributed by atoms with Crippen molar-refractivity contribution in [1.29, 1.82) is 0 Å². The monoisotopic (exact) mass is 379 g/mol. The van der Waals surface area contributed by atoms with E-state index in [-0.39, 0.29) is 11.8 Å². The molecule has 5 nitrogen and oxygen atoms in total. The lowest BCUT2D eigenvalue weighted by Crippen LogP contribution is -2.30. The van der Waals surface area contributed by atoms with Gasteiger partial charge < -0.3 is 9.64 Å². The van der Waals surface area contributed by atoms with Gasteiger partial charge in [0.1, 0.15) is 5.75 Å². The summed E-state index contributed by atoms with van der Waals surface area (Å²) >= 11 is 3.50. The van der Waals surface area contributed by atoms with E-state index >= 15 is 0 Å². The minimum atomic E-state index is -0.0849. The molecule has 0 unspecified atom stereocenters. The van der Waals surface area contributed by atoms with Crippen LogP contribution in [0, 0.1) is 0 Å². The van der Waals surface area contributed by atoms with Crippen LogP contribution in [0.3, 0.4) is 0 Å². The number of benzene rings is 1. The van der Waals surface area contributed by atoms with Gasteiger partial charge in [-0.2, -0.15) is 5.10 Å². The predicted molar refractivity (Wildman–Crippen MR) is 93.8 cm³/mol. The van der Waals surface area contributed by atoms with E-state index in [1.165, 1.54) is 0 Å². The van der Waals surface area contributed by atoms with E-state index in [2.05, 4.69) is 40.0 Å². The summed E-state index contributed by atoms with van der Waals surface area (Å²) in [6.45, 7) is 7.23. The zero-order valence-corrected chi connectivity index (χ0v) is 15.5. The van der Waals surface area contributed by atoms with Gasteiger partial charge in [-0.25, -0.2) is 0 Å². The Bertz CT molecular complexity index is 665. The van der Waals surface area contributed by atoms with Gasteiger partial charge in [-0.15, -0.1) is 0 Å². The molecule has 23 heavy (non-hydrogen) atoms. The second-order valence-corrected chi connectivity index (χ2v) is 6.41. The molecule has 0 radical (unpaired) electrons. The van der Waals surface area contributed by atoms with E-state index < -0.39 is 0 Å². The summed E-state index contributed by atoms with van der Waals surface area (Å²) in [7, 11) is 1.64. The first kappa shape index (κ1) is 17.5. The highest BCUT2D eigenvalue weighted by Gasteiger charge is 2.23. The molecule has 6 heteroatoms. The van der Waals surface area contributed by atoms with Crippen LogP contribution in [0.1, 0.15) is 48.4 Å². The maximum absolute atomic E-state index is 12.7. The van der Waals surface area contributed by atoms with Crippen molar-refractivity contribution in [3.05, 3.63) is 45.7 Å². The number of carbonyl (C=O) groups excluding carboxylic acids is 1. The predicted octanol–water partition coefficient (Wildman–Crippen LogP) is 3.97. The van der Waals surface area contributed by atoms with Crippen LogP contribution in [0.2, 0.25) is 0 Å². The van der Waals surface area contributed by atoms with E-state index in [1.54, 1.807) is 12.0 Å². The van der Waals surface area contributed by atoms with Crippen molar-refractivity contribution in [3.8, 4) is 5.75 Å². The van der Waals surface area contributed by atoms with Crippen LogP contribution in [0.5, 0.6) is 5.75 Å². The molecule has 1 amide bonds. The van der Waals surface area contributed by atoms with Crippen molar-refractivity contribution in [1.82, 2.24) is 15.1 Å². The standard InChI is InChI=1S/C17H22BrN3O2/c1-5-21(10-12-6-8-13(23-4)9-7-12)17(22)16-14(18)15(11(2)3)19-20-16/h6-9,11H,5,10H2,1-4H3,(H,19,20). The Balaban J connectivity index is 2.17. The van der Waals surface area contributed by atoms with E-state index in [9.17, 15) is 4.79 Å². The number of nitrogens with zero attached hydrogens (tertiary/aromatic N) is 2. The molecule has 0 saturated heterocycles. The molecule has 0 aliphatic heterocycles. The average molecular weight is 380 g/mol. The summed E-state index contributed by atoms with van der Waals surface area (Å²) in [6.07, 6.45) is 0. The molecule has 0 bridgehead atoms. The van der Waals surface area contributed by atoms with Gasteiger partial charge in [-0.05, 0) is 46.5 Å². The van der Waals surface area contributed by atoms with E-state index in [1.807, 2.05) is 31.2 Å². The molecule has 1 aromatic carbocycles. The first-order valence-electron chi connectivity index (χ1n) is 7.63. The van der Waals surface area contributed by atoms with E-state index in [0.717, 1.165) is 21.5 Å². The minimum absolute atomic E-state index is 0.0849. The first-order valence-corrected chi connectivity index (χ1v) is 8.43.